The van der Waals surface area contributed by atoms with Crippen LogP contribution >= 0.6 is 0 Å². The van der Waals surface area contributed by atoms with Gasteiger partial charge in [-0.3, -0.25) is 0 Å². The maximum absolute atomic E-state index is 13.5. The van der Waals surface area contributed by atoms with Gasteiger partial charge in [-0.25, -0.2) is 0 Å². The summed E-state index contributed by atoms with van der Waals surface area (Å²) in [6, 6.07) is 6.09. The standard InChI is InChI=1S/C11H11F2NO/c1-14-7-11(12,13)9-2-3-10-8(6-9)4-5-15-10/h2-6,14H,7H2,1H3. The van der Waals surface area contributed by atoms with Crippen LogP contribution in [0, 0.1) is 0 Å². The van der Waals surface area contributed by atoms with Crippen LogP contribution in [0.15, 0.2) is 34.9 Å². The van der Waals surface area contributed by atoms with Crippen molar-refractivity contribution in [1.82, 2.24) is 5.32 Å². The number of nitrogens with one attached hydrogen (secondary N) is 1. The Morgan fingerprint density at radius 3 is 2.87 bits per heavy atom. The first-order valence-electron chi connectivity index (χ1n) is 4.63. The van der Waals surface area contributed by atoms with E-state index in [1.165, 1.54) is 25.4 Å². The van der Waals surface area contributed by atoms with Crippen molar-refractivity contribution in [3.05, 3.63) is 36.1 Å². The van der Waals surface area contributed by atoms with Crippen molar-refractivity contribution in [2.45, 2.75) is 5.92 Å². The zero-order valence-corrected chi connectivity index (χ0v) is 8.26. The molecule has 0 saturated heterocycles. The second-order valence-electron chi connectivity index (χ2n) is 3.41. The third-order valence-electron chi connectivity index (χ3n) is 2.27. The molecular weight excluding hydrogens is 200 g/mol. The highest BCUT2D eigenvalue weighted by Crippen LogP contribution is 2.29. The maximum atomic E-state index is 13.5. The fourth-order valence-electron chi connectivity index (χ4n) is 1.52. The van der Waals surface area contributed by atoms with Crippen LogP contribution in [-0.4, -0.2) is 13.6 Å². The summed E-state index contributed by atoms with van der Waals surface area (Å²) in [5.41, 5.74) is 0.629. The molecule has 0 atom stereocenters. The Labute approximate surface area is 85.9 Å². The van der Waals surface area contributed by atoms with Crippen molar-refractivity contribution in [3.63, 3.8) is 0 Å². The van der Waals surface area contributed by atoms with Gasteiger partial charge in [-0.15, -0.1) is 0 Å². The molecule has 2 rings (SSSR count). The van der Waals surface area contributed by atoms with E-state index in [-0.39, 0.29) is 12.1 Å². The van der Waals surface area contributed by atoms with Crippen LogP contribution in [0.3, 0.4) is 0 Å². The first-order chi connectivity index (χ1) is 7.13. The van der Waals surface area contributed by atoms with Crippen LogP contribution in [0.25, 0.3) is 11.0 Å². The number of likely N-dealkylation sites (N-methyl/N-ethyl adjacent to an activating group) is 1. The molecule has 1 aromatic heterocycles. The first kappa shape index (κ1) is 10.1. The van der Waals surface area contributed by atoms with Crippen LogP contribution in [0.1, 0.15) is 5.56 Å². The van der Waals surface area contributed by atoms with E-state index in [0.29, 0.717) is 11.0 Å². The number of benzene rings is 1. The molecule has 0 spiro atoms. The lowest BCUT2D eigenvalue weighted by Gasteiger charge is -2.15. The van der Waals surface area contributed by atoms with E-state index in [2.05, 4.69) is 5.32 Å². The predicted molar refractivity (Wildman–Crippen MR) is 54.0 cm³/mol. The number of fused-ring (bicyclic) bond motifs is 1. The average molecular weight is 211 g/mol. The Bertz CT molecular complexity index is 464. The highest BCUT2D eigenvalue weighted by Gasteiger charge is 2.30. The van der Waals surface area contributed by atoms with E-state index in [9.17, 15) is 8.78 Å². The molecular formula is C11H11F2NO. The normalized spacial score (nSPS) is 12.2. The molecule has 0 amide bonds. The smallest absolute Gasteiger partial charge is 0.285 e. The summed E-state index contributed by atoms with van der Waals surface area (Å²) in [6.45, 7) is -0.365. The average Bonchev–Trinajstić information content (AvgIpc) is 2.63. The molecule has 0 saturated carbocycles. The van der Waals surface area contributed by atoms with E-state index >= 15 is 0 Å². The molecule has 80 valence electrons. The first-order valence-corrected chi connectivity index (χ1v) is 4.63. The Morgan fingerprint density at radius 2 is 2.13 bits per heavy atom. The summed E-state index contributed by atoms with van der Waals surface area (Å²) in [7, 11) is 1.50. The number of rotatable bonds is 3. The van der Waals surface area contributed by atoms with Gasteiger partial charge in [-0.05, 0) is 31.3 Å². The molecule has 0 aliphatic carbocycles. The molecule has 1 N–H and O–H groups in total. The molecule has 0 radical (unpaired) electrons. The van der Waals surface area contributed by atoms with Crippen molar-refractivity contribution in [2.24, 2.45) is 0 Å². The van der Waals surface area contributed by atoms with E-state index in [0.717, 1.165) is 0 Å². The van der Waals surface area contributed by atoms with Gasteiger partial charge >= 0.3 is 0 Å². The maximum Gasteiger partial charge on any atom is 0.285 e. The van der Waals surface area contributed by atoms with E-state index in [1.54, 1.807) is 12.1 Å². The van der Waals surface area contributed by atoms with E-state index in [1.807, 2.05) is 0 Å². The van der Waals surface area contributed by atoms with Gasteiger partial charge in [0, 0.05) is 10.9 Å². The molecule has 1 aromatic carbocycles. The lowest BCUT2D eigenvalue weighted by Crippen LogP contribution is -2.27. The highest BCUT2D eigenvalue weighted by atomic mass is 19.3. The quantitative estimate of drug-likeness (QED) is 0.844. The molecule has 1 heterocycles. The lowest BCUT2D eigenvalue weighted by molar-refractivity contribution is -0.00112. The van der Waals surface area contributed by atoms with Crippen molar-refractivity contribution in [2.75, 3.05) is 13.6 Å². The minimum atomic E-state index is -2.85. The molecule has 4 heteroatoms. The van der Waals surface area contributed by atoms with E-state index in [4.69, 9.17) is 4.42 Å². The monoisotopic (exact) mass is 211 g/mol. The molecule has 0 aliphatic heterocycles. The van der Waals surface area contributed by atoms with Gasteiger partial charge in [0.1, 0.15) is 5.58 Å². The Morgan fingerprint density at radius 1 is 1.33 bits per heavy atom. The third-order valence-corrected chi connectivity index (χ3v) is 2.27. The van der Waals surface area contributed by atoms with Crippen LogP contribution < -0.4 is 5.32 Å². The van der Waals surface area contributed by atoms with Crippen LogP contribution in [0.2, 0.25) is 0 Å². The molecule has 0 bridgehead atoms. The summed E-state index contributed by atoms with van der Waals surface area (Å²) in [5, 5.41) is 3.17. The van der Waals surface area contributed by atoms with Gasteiger partial charge in [-0.1, -0.05) is 0 Å². The second-order valence-corrected chi connectivity index (χ2v) is 3.41. The topological polar surface area (TPSA) is 25.2 Å². The summed E-state index contributed by atoms with van der Waals surface area (Å²) in [5.74, 6) is -2.85. The van der Waals surface area contributed by atoms with Crippen LogP contribution in [0.4, 0.5) is 8.78 Å². The fourth-order valence-corrected chi connectivity index (χ4v) is 1.52. The van der Waals surface area contributed by atoms with Crippen molar-refractivity contribution < 1.29 is 13.2 Å². The van der Waals surface area contributed by atoms with Crippen molar-refractivity contribution >= 4 is 11.0 Å². The molecule has 2 aromatic rings. The summed E-state index contributed by atoms with van der Waals surface area (Å²) < 4.78 is 32.1. The number of halogens is 2. The summed E-state index contributed by atoms with van der Waals surface area (Å²) >= 11 is 0. The number of hydrogen-bond donors (Lipinski definition) is 1. The van der Waals surface area contributed by atoms with Gasteiger partial charge in [-0.2, -0.15) is 8.78 Å². The zero-order chi connectivity index (χ0) is 10.9. The number of hydrogen-bond acceptors (Lipinski definition) is 2. The molecule has 15 heavy (non-hydrogen) atoms. The van der Waals surface area contributed by atoms with Gasteiger partial charge in [0.25, 0.3) is 5.92 Å². The fraction of sp³-hybridized carbons (Fsp3) is 0.273. The van der Waals surface area contributed by atoms with E-state index < -0.39 is 5.92 Å². The molecule has 0 unspecified atom stereocenters. The van der Waals surface area contributed by atoms with Crippen LogP contribution in [-0.2, 0) is 5.92 Å². The minimum absolute atomic E-state index is 0.00532. The van der Waals surface area contributed by atoms with Gasteiger partial charge < -0.3 is 9.73 Å². The highest BCUT2D eigenvalue weighted by molar-refractivity contribution is 5.77. The minimum Gasteiger partial charge on any atom is -0.464 e. The van der Waals surface area contributed by atoms with Crippen LogP contribution in [0.5, 0.6) is 0 Å². The molecule has 0 fully saturated rings. The van der Waals surface area contributed by atoms with Crippen molar-refractivity contribution in [1.29, 1.82) is 0 Å². The number of furan rings is 1. The third kappa shape index (κ3) is 1.85. The molecule has 0 aliphatic rings. The summed E-state index contributed by atoms with van der Waals surface area (Å²) in [4.78, 5) is 0. The number of alkyl halides is 2. The van der Waals surface area contributed by atoms with Gasteiger partial charge in [0.15, 0.2) is 0 Å². The lowest BCUT2D eigenvalue weighted by atomic mass is 10.1. The zero-order valence-electron chi connectivity index (χ0n) is 8.26. The Hall–Kier alpha value is -1.42. The SMILES string of the molecule is CNCC(F)(F)c1ccc2occc2c1. The largest absolute Gasteiger partial charge is 0.464 e. The molecule has 2 nitrogen and oxygen atoms in total. The summed E-state index contributed by atoms with van der Waals surface area (Å²) in [6.07, 6.45) is 1.49. The predicted octanol–water partition coefficient (Wildman–Crippen LogP) is 2.74. The Balaban J connectivity index is 2.42. The second kappa shape index (κ2) is 3.62. The van der Waals surface area contributed by atoms with Gasteiger partial charge in [0.05, 0.1) is 12.8 Å². The van der Waals surface area contributed by atoms with Crippen molar-refractivity contribution in [3.8, 4) is 0 Å². The van der Waals surface area contributed by atoms with Gasteiger partial charge in [0.2, 0.25) is 0 Å². The Kier molecular flexibility index (Phi) is 2.44.